The quantitative estimate of drug-likeness (QED) is 0.365. The van der Waals surface area contributed by atoms with Crippen molar-refractivity contribution in [3.63, 3.8) is 0 Å². The van der Waals surface area contributed by atoms with Crippen LogP contribution in [0.25, 0.3) is 6.08 Å². The minimum absolute atomic E-state index is 0.0230. The Morgan fingerprint density at radius 1 is 1.00 bits per heavy atom. The van der Waals surface area contributed by atoms with Gasteiger partial charge in [-0.1, -0.05) is 72.8 Å². The second-order valence-corrected chi connectivity index (χ2v) is 11.1. The van der Waals surface area contributed by atoms with Gasteiger partial charge in [-0.15, -0.1) is 0 Å². The van der Waals surface area contributed by atoms with Crippen molar-refractivity contribution in [2.75, 3.05) is 12.4 Å². The Labute approximate surface area is 215 Å². The first-order valence-corrected chi connectivity index (χ1v) is 13.5. The number of nitriles is 1. The summed E-state index contributed by atoms with van der Waals surface area (Å²) in [5.41, 5.74) is -2.18. The highest BCUT2D eigenvalue weighted by Gasteiger charge is 2.73. The molecule has 2 heterocycles. The molecule has 7 nitrogen and oxygen atoms in total. The molecule has 186 valence electrons. The molecule has 0 bridgehead atoms. The number of fused-ring (bicyclic) bond motifs is 3. The average molecular weight is 513 g/mol. The lowest BCUT2D eigenvalue weighted by Gasteiger charge is -2.40. The number of carbonyl (C=O) groups is 2. The van der Waals surface area contributed by atoms with E-state index >= 15 is 0 Å². The number of hydrogen-bond donors (Lipinski definition) is 0. The molecule has 1 fully saturated rings. The van der Waals surface area contributed by atoms with Gasteiger partial charge in [-0.3, -0.25) is 14.5 Å². The van der Waals surface area contributed by atoms with Crippen LogP contribution in [0.4, 0.5) is 0 Å². The maximum atomic E-state index is 14.4. The monoisotopic (exact) mass is 512 g/mol. The van der Waals surface area contributed by atoms with Crippen LogP contribution in [-0.2, 0) is 29.7 Å². The summed E-state index contributed by atoms with van der Waals surface area (Å²) in [4.78, 5) is 29.5. The van der Waals surface area contributed by atoms with Gasteiger partial charge in [0.25, 0.3) is 0 Å². The molecular weight excluding hydrogens is 488 g/mol. The molecule has 8 heteroatoms. The largest absolute Gasteiger partial charge is 0.465 e. The Morgan fingerprint density at radius 3 is 2.27 bits per heavy atom. The molecule has 5 rings (SSSR count). The summed E-state index contributed by atoms with van der Waals surface area (Å²) in [5.74, 6) is -3.78. The van der Waals surface area contributed by atoms with Crippen molar-refractivity contribution >= 4 is 27.8 Å². The molecular formula is C29H24N2O5S. The Kier molecular flexibility index (Phi) is 5.97. The van der Waals surface area contributed by atoms with Crippen LogP contribution in [0.1, 0.15) is 29.5 Å². The fraction of sp³-hybridized carbons (Fsp3) is 0.207. The smallest absolute Gasteiger partial charge is 0.323 e. The number of nitrogens with zero attached hydrogens (tertiary/aromatic N) is 2. The molecule has 0 saturated carbocycles. The van der Waals surface area contributed by atoms with Crippen molar-refractivity contribution in [2.24, 2.45) is 5.41 Å². The van der Waals surface area contributed by atoms with Crippen LogP contribution in [0, 0.1) is 16.7 Å². The van der Waals surface area contributed by atoms with Gasteiger partial charge >= 0.3 is 5.97 Å². The summed E-state index contributed by atoms with van der Waals surface area (Å²) in [6.45, 7) is 1.53. The van der Waals surface area contributed by atoms with E-state index in [0.717, 1.165) is 0 Å². The fourth-order valence-corrected chi connectivity index (χ4v) is 7.38. The highest BCUT2D eigenvalue weighted by atomic mass is 32.2. The summed E-state index contributed by atoms with van der Waals surface area (Å²) in [6.07, 6.45) is 3.16. The van der Waals surface area contributed by atoms with E-state index in [-0.39, 0.29) is 11.5 Å². The minimum Gasteiger partial charge on any atom is -0.465 e. The number of ether oxygens (including phenoxy) is 1. The van der Waals surface area contributed by atoms with Gasteiger partial charge in [-0.05, 0) is 36.3 Å². The van der Waals surface area contributed by atoms with Gasteiger partial charge in [0, 0.05) is 11.8 Å². The molecule has 2 aliphatic rings. The second kappa shape index (κ2) is 9.02. The maximum absolute atomic E-state index is 14.4. The number of amides is 1. The molecule has 0 N–H and O–H groups in total. The van der Waals surface area contributed by atoms with E-state index in [9.17, 15) is 23.3 Å². The van der Waals surface area contributed by atoms with Crippen molar-refractivity contribution in [3.05, 3.63) is 108 Å². The third-order valence-corrected chi connectivity index (χ3v) is 8.95. The third kappa shape index (κ3) is 3.50. The fourth-order valence-electron chi connectivity index (χ4n) is 5.64. The zero-order valence-electron chi connectivity index (χ0n) is 20.1. The molecule has 2 aliphatic heterocycles. The highest BCUT2D eigenvalue weighted by molar-refractivity contribution is 7.91. The van der Waals surface area contributed by atoms with Crippen LogP contribution in [-0.4, -0.2) is 37.6 Å². The highest BCUT2D eigenvalue weighted by Crippen LogP contribution is 2.61. The molecule has 3 aromatic carbocycles. The van der Waals surface area contributed by atoms with Crippen molar-refractivity contribution in [1.82, 2.24) is 4.90 Å². The van der Waals surface area contributed by atoms with Crippen LogP contribution in [0.15, 0.2) is 96.0 Å². The first-order valence-electron chi connectivity index (χ1n) is 11.9. The SMILES string of the molecule is CCOC(=O)[C@]1(CS(=O)(=O)c2ccccc2)C(=O)N2C=Cc3ccccc3[C@@]2(C#N)[C@@H]1c1ccccc1. The molecule has 1 saturated heterocycles. The average Bonchev–Trinajstić information content (AvgIpc) is 3.15. The minimum atomic E-state index is -4.18. The van der Waals surface area contributed by atoms with E-state index in [4.69, 9.17) is 4.74 Å². The predicted molar refractivity (Wildman–Crippen MR) is 136 cm³/mol. The van der Waals surface area contributed by atoms with Gasteiger partial charge in [-0.2, -0.15) is 5.26 Å². The summed E-state index contributed by atoms with van der Waals surface area (Å²) in [7, 11) is -4.18. The van der Waals surface area contributed by atoms with Crippen molar-refractivity contribution in [1.29, 1.82) is 5.26 Å². The van der Waals surface area contributed by atoms with E-state index < -0.39 is 44.3 Å². The topological polar surface area (TPSA) is 105 Å². The predicted octanol–water partition coefficient (Wildman–Crippen LogP) is 4.04. The zero-order valence-corrected chi connectivity index (χ0v) is 20.9. The first kappa shape index (κ1) is 24.5. The summed E-state index contributed by atoms with van der Waals surface area (Å²) < 4.78 is 33.0. The van der Waals surface area contributed by atoms with E-state index in [1.165, 1.54) is 23.2 Å². The Hall–Kier alpha value is -4.22. The van der Waals surface area contributed by atoms with Gasteiger partial charge in [0.2, 0.25) is 5.91 Å². The lowest BCUT2D eigenvalue weighted by molar-refractivity contribution is -0.159. The molecule has 1 amide bonds. The number of benzene rings is 3. The van der Waals surface area contributed by atoms with Gasteiger partial charge in [-0.25, -0.2) is 8.42 Å². The van der Waals surface area contributed by atoms with Gasteiger partial charge in [0.1, 0.15) is 0 Å². The number of hydrogen-bond acceptors (Lipinski definition) is 6. The van der Waals surface area contributed by atoms with Crippen LogP contribution in [0.5, 0.6) is 0 Å². The summed E-state index contributed by atoms with van der Waals surface area (Å²) in [5, 5.41) is 10.8. The van der Waals surface area contributed by atoms with E-state index in [0.29, 0.717) is 16.7 Å². The lowest BCUT2D eigenvalue weighted by atomic mass is 9.64. The first-order chi connectivity index (χ1) is 17.8. The van der Waals surface area contributed by atoms with E-state index in [2.05, 4.69) is 6.07 Å². The van der Waals surface area contributed by atoms with Crippen LogP contribution in [0.3, 0.4) is 0 Å². The zero-order chi connectivity index (χ0) is 26.3. The Morgan fingerprint density at radius 2 is 1.62 bits per heavy atom. The number of carbonyl (C=O) groups excluding carboxylic acids is 2. The molecule has 3 atom stereocenters. The van der Waals surface area contributed by atoms with E-state index in [1.807, 2.05) is 12.1 Å². The Bertz CT molecular complexity index is 1550. The van der Waals surface area contributed by atoms with Crippen molar-refractivity contribution in [3.8, 4) is 6.07 Å². The molecule has 0 radical (unpaired) electrons. The van der Waals surface area contributed by atoms with Crippen molar-refractivity contribution in [2.45, 2.75) is 23.3 Å². The van der Waals surface area contributed by atoms with Gasteiger partial charge < -0.3 is 4.74 Å². The van der Waals surface area contributed by atoms with Crippen molar-refractivity contribution < 1.29 is 22.7 Å². The molecule has 0 aliphatic carbocycles. The number of esters is 1. The second-order valence-electron chi connectivity index (χ2n) is 9.06. The standard InChI is InChI=1S/C29H24N2O5S/c1-2-36-27(33)28(20-37(34,35)23-14-7-4-8-15-23)25(22-12-5-3-6-13-22)29(19-30)24-16-10-9-11-21(24)17-18-31(29)26(28)32/h3-18,25H,2,20H2,1H3/t25-,28+,29+/m1/s1. The normalized spacial score (nSPS) is 24.2. The molecule has 0 unspecified atom stereocenters. The Balaban J connectivity index is 1.86. The molecule has 0 spiro atoms. The third-order valence-electron chi connectivity index (χ3n) is 7.13. The molecule has 3 aromatic rings. The van der Waals surface area contributed by atoms with E-state index in [1.54, 1.807) is 73.7 Å². The number of sulfone groups is 1. The lowest BCUT2D eigenvalue weighted by Crippen LogP contribution is -2.49. The number of rotatable bonds is 6. The van der Waals surface area contributed by atoms with Crippen LogP contribution < -0.4 is 0 Å². The van der Waals surface area contributed by atoms with Gasteiger partial charge in [0.05, 0.1) is 29.2 Å². The molecule has 37 heavy (non-hydrogen) atoms. The molecule has 0 aromatic heterocycles. The van der Waals surface area contributed by atoms with Crippen LogP contribution >= 0.6 is 0 Å². The van der Waals surface area contributed by atoms with Gasteiger partial charge in [0.15, 0.2) is 20.8 Å². The summed E-state index contributed by atoms with van der Waals surface area (Å²) in [6, 6.07) is 25.8. The van der Waals surface area contributed by atoms with Crippen LogP contribution in [0.2, 0.25) is 0 Å². The maximum Gasteiger partial charge on any atom is 0.323 e. The summed E-state index contributed by atoms with van der Waals surface area (Å²) >= 11 is 0.